The fourth-order valence-electron chi connectivity index (χ4n) is 2.26. The Labute approximate surface area is 114 Å². The number of rotatable bonds is 2. The van der Waals surface area contributed by atoms with Crippen LogP contribution in [0.5, 0.6) is 0 Å². The topological polar surface area (TPSA) is 12.9 Å². The molecule has 0 atom stereocenters. The molecule has 2 rings (SSSR count). The molecule has 1 nitrogen and oxygen atoms in total. The summed E-state index contributed by atoms with van der Waals surface area (Å²) in [7, 11) is 0. The number of benzene rings is 1. The molecule has 1 heterocycles. The molecule has 0 aliphatic carbocycles. The monoisotopic (exact) mass is 259 g/mol. The van der Waals surface area contributed by atoms with Crippen molar-refractivity contribution in [3.8, 4) is 0 Å². The minimum Gasteiger partial charge on any atom is -0.241 e. The van der Waals surface area contributed by atoms with Crippen molar-refractivity contribution in [1.29, 1.82) is 0 Å². The van der Waals surface area contributed by atoms with E-state index in [0.29, 0.717) is 5.41 Å². The second-order valence-electron chi connectivity index (χ2n) is 6.03. The zero-order chi connectivity index (χ0) is 13.3. The first kappa shape index (κ1) is 13.4. The van der Waals surface area contributed by atoms with Crippen molar-refractivity contribution >= 4 is 22.7 Å². The first-order chi connectivity index (χ1) is 8.40. The molecule has 96 valence electrons. The summed E-state index contributed by atoms with van der Waals surface area (Å²) in [5.74, 6) is 0. The van der Waals surface area contributed by atoms with Gasteiger partial charge in [-0.1, -0.05) is 39.0 Å². The normalized spacial score (nSPS) is 12.1. The van der Waals surface area contributed by atoms with Crippen molar-refractivity contribution in [1.82, 2.24) is 4.98 Å². The van der Waals surface area contributed by atoms with Crippen molar-refractivity contribution in [3.05, 3.63) is 35.4 Å². The SMILES string of the molecule is CSc1cc(CC(C)(C)C)c2cccc(C)c2n1. The molecule has 0 aliphatic heterocycles. The van der Waals surface area contributed by atoms with Gasteiger partial charge < -0.3 is 0 Å². The van der Waals surface area contributed by atoms with Gasteiger partial charge in [-0.05, 0) is 42.2 Å². The first-order valence-electron chi connectivity index (χ1n) is 6.34. The fraction of sp³-hybridized carbons (Fsp3) is 0.438. The number of aromatic nitrogens is 1. The van der Waals surface area contributed by atoms with Gasteiger partial charge in [0.1, 0.15) is 0 Å². The summed E-state index contributed by atoms with van der Waals surface area (Å²) in [5.41, 5.74) is 4.14. The third kappa shape index (κ3) is 2.86. The number of fused-ring (bicyclic) bond motifs is 1. The molecule has 0 fully saturated rings. The average molecular weight is 259 g/mol. The second-order valence-corrected chi connectivity index (χ2v) is 6.86. The maximum atomic E-state index is 4.75. The van der Waals surface area contributed by atoms with E-state index in [0.717, 1.165) is 17.0 Å². The summed E-state index contributed by atoms with van der Waals surface area (Å²) in [5, 5.41) is 2.43. The predicted molar refractivity (Wildman–Crippen MR) is 81.4 cm³/mol. The average Bonchev–Trinajstić information content (AvgIpc) is 2.28. The highest BCUT2D eigenvalue weighted by atomic mass is 32.2. The predicted octanol–water partition coefficient (Wildman–Crippen LogP) is 4.85. The van der Waals surface area contributed by atoms with Gasteiger partial charge in [0.05, 0.1) is 10.5 Å². The minimum absolute atomic E-state index is 0.299. The standard InChI is InChI=1S/C16H21NS/c1-11-7-6-8-13-12(10-16(2,3)4)9-14(18-5)17-15(11)13/h6-9H,10H2,1-5H3. The van der Waals surface area contributed by atoms with Gasteiger partial charge in [0.2, 0.25) is 0 Å². The van der Waals surface area contributed by atoms with Crippen molar-refractivity contribution in [2.75, 3.05) is 6.26 Å². The lowest BCUT2D eigenvalue weighted by atomic mass is 9.87. The molecule has 0 spiro atoms. The van der Waals surface area contributed by atoms with Crippen LogP contribution >= 0.6 is 11.8 Å². The summed E-state index contributed by atoms with van der Waals surface area (Å²) in [4.78, 5) is 4.75. The number of thioether (sulfide) groups is 1. The molecule has 0 N–H and O–H groups in total. The third-order valence-electron chi connectivity index (χ3n) is 3.03. The number of hydrogen-bond acceptors (Lipinski definition) is 2. The Balaban J connectivity index is 2.66. The summed E-state index contributed by atoms with van der Waals surface area (Å²) in [6.07, 6.45) is 3.18. The molecule has 1 aromatic carbocycles. The number of para-hydroxylation sites is 1. The molecular formula is C16H21NS. The van der Waals surface area contributed by atoms with Crippen LogP contribution < -0.4 is 0 Å². The van der Waals surface area contributed by atoms with Gasteiger partial charge in [-0.15, -0.1) is 11.8 Å². The van der Waals surface area contributed by atoms with Crippen molar-refractivity contribution in [2.24, 2.45) is 5.41 Å². The zero-order valence-electron chi connectivity index (χ0n) is 11.9. The van der Waals surface area contributed by atoms with E-state index in [1.807, 2.05) is 0 Å². The number of hydrogen-bond donors (Lipinski definition) is 0. The third-order valence-corrected chi connectivity index (χ3v) is 3.66. The van der Waals surface area contributed by atoms with Gasteiger partial charge in [0.25, 0.3) is 0 Å². The molecule has 2 aromatic rings. The van der Waals surface area contributed by atoms with Crippen LogP contribution in [0.4, 0.5) is 0 Å². The Kier molecular flexibility index (Phi) is 3.67. The zero-order valence-corrected chi connectivity index (χ0v) is 12.7. The maximum Gasteiger partial charge on any atom is 0.0967 e. The molecule has 1 aromatic heterocycles. The number of nitrogens with zero attached hydrogens (tertiary/aromatic N) is 1. The first-order valence-corrected chi connectivity index (χ1v) is 7.56. The van der Waals surface area contributed by atoms with E-state index in [-0.39, 0.29) is 0 Å². The van der Waals surface area contributed by atoms with Crippen LogP contribution in [0.2, 0.25) is 0 Å². The quantitative estimate of drug-likeness (QED) is 0.715. The lowest BCUT2D eigenvalue weighted by Gasteiger charge is -2.20. The van der Waals surface area contributed by atoms with Crippen LogP contribution in [0.1, 0.15) is 31.9 Å². The highest BCUT2D eigenvalue weighted by molar-refractivity contribution is 7.98. The van der Waals surface area contributed by atoms with Gasteiger partial charge in [-0.3, -0.25) is 0 Å². The van der Waals surface area contributed by atoms with Gasteiger partial charge >= 0.3 is 0 Å². The number of aryl methyl sites for hydroxylation is 1. The summed E-state index contributed by atoms with van der Waals surface area (Å²) in [6, 6.07) is 8.71. The summed E-state index contributed by atoms with van der Waals surface area (Å²) < 4.78 is 0. The van der Waals surface area contributed by atoms with Crippen LogP contribution in [-0.4, -0.2) is 11.2 Å². The Morgan fingerprint density at radius 3 is 2.56 bits per heavy atom. The van der Waals surface area contributed by atoms with Gasteiger partial charge in [0.15, 0.2) is 0 Å². The fourth-order valence-corrected chi connectivity index (χ4v) is 2.70. The molecule has 0 saturated heterocycles. The summed E-state index contributed by atoms with van der Waals surface area (Å²) in [6.45, 7) is 9.00. The van der Waals surface area contributed by atoms with E-state index in [1.165, 1.54) is 16.5 Å². The Morgan fingerprint density at radius 1 is 1.22 bits per heavy atom. The smallest absolute Gasteiger partial charge is 0.0967 e. The minimum atomic E-state index is 0.299. The highest BCUT2D eigenvalue weighted by Crippen LogP contribution is 2.30. The highest BCUT2D eigenvalue weighted by Gasteiger charge is 2.15. The molecule has 0 radical (unpaired) electrons. The lowest BCUT2D eigenvalue weighted by Crippen LogP contribution is -2.10. The molecule has 0 bridgehead atoms. The summed E-state index contributed by atoms with van der Waals surface area (Å²) >= 11 is 1.72. The van der Waals surface area contributed by atoms with Gasteiger partial charge in [-0.25, -0.2) is 4.98 Å². The largest absolute Gasteiger partial charge is 0.241 e. The van der Waals surface area contributed by atoms with Gasteiger partial charge in [0, 0.05) is 5.39 Å². The van der Waals surface area contributed by atoms with Crippen molar-refractivity contribution < 1.29 is 0 Å². The Morgan fingerprint density at radius 2 is 1.94 bits per heavy atom. The molecule has 18 heavy (non-hydrogen) atoms. The molecule has 2 heteroatoms. The van der Waals surface area contributed by atoms with Crippen LogP contribution in [0.15, 0.2) is 29.3 Å². The number of pyridine rings is 1. The van der Waals surface area contributed by atoms with E-state index in [4.69, 9.17) is 4.98 Å². The van der Waals surface area contributed by atoms with E-state index in [1.54, 1.807) is 11.8 Å². The Hall–Kier alpha value is -1.02. The molecule has 0 unspecified atom stereocenters. The van der Waals surface area contributed by atoms with Crippen LogP contribution in [0.3, 0.4) is 0 Å². The van der Waals surface area contributed by atoms with Crippen LogP contribution in [0, 0.1) is 12.3 Å². The van der Waals surface area contributed by atoms with Crippen molar-refractivity contribution in [3.63, 3.8) is 0 Å². The molecule has 0 amide bonds. The van der Waals surface area contributed by atoms with E-state index >= 15 is 0 Å². The van der Waals surface area contributed by atoms with Crippen molar-refractivity contribution in [2.45, 2.75) is 39.1 Å². The molecule has 0 aliphatic rings. The van der Waals surface area contributed by atoms with E-state index < -0.39 is 0 Å². The van der Waals surface area contributed by atoms with E-state index in [9.17, 15) is 0 Å². The van der Waals surface area contributed by atoms with Crippen LogP contribution in [-0.2, 0) is 6.42 Å². The van der Waals surface area contributed by atoms with E-state index in [2.05, 4.69) is 58.2 Å². The Bertz CT molecular complexity index is 567. The van der Waals surface area contributed by atoms with Crippen LogP contribution in [0.25, 0.3) is 10.9 Å². The lowest BCUT2D eigenvalue weighted by molar-refractivity contribution is 0.412. The molecule has 0 saturated carbocycles. The molecular weight excluding hydrogens is 238 g/mol. The van der Waals surface area contributed by atoms with Gasteiger partial charge in [-0.2, -0.15) is 0 Å². The maximum absolute atomic E-state index is 4.75. The second kappa shape index (κ2) is 4.93.